The van der Waals surface area contributed by atoms with E-state index in [0.717, 1.165) is 43.3 Å². The van der Waals surface area contributed by atoms with Crippen molar-refractivity contribution in [3.63, 3.8) is 0 Å². The highest BCUT2D eigenvalue weighted by atomic mass is 32.1. The molecular weight excluding hydrogens is 386 g/mol. The predicted octanol–water partition coefficient (Wildman–Crippen LogP) is 4.77. The first-order valence-corrected chi connectivity index (χ1v) is 11.4. The summed E-state index contributed by atoms with van der Waals surface area (Å²) in [6.07, 6.45) is 1.33. The minimum atomic E-state index is 0.257. The van der Waals surface area contributed by atoms with Crippen LogP contribution in [0.15, 0.2) is 41.8 Å². The summed E-state index contributed by atoms with van der Waals surface area (Å²) in [5, 5.41) is 3.14. The Morgan fingerprint density at radius 2 is 1.93 bits per heavy atom. The number of aromatic nitrogens is 1. The first-order chi connectivity index (χ1) is 13.6. The van der Waals surface area contributed by atoms with Crippen LogP contribution < -0.4 is 4.90 Å². The molecule has 3 aromatic rings. The van der Waals surface area contributed by atoms with E-state index in [2.05, 4.69) is 53.6 Å². The molecular formula is C22H25N3OS2. The maximum absolute atomic E-state index is 12.8. The Bertz CT molecular complexity index is 941. The van der Waals surface area contributed by atoms with Gasteiger partial charge < -0.3 is 9.80 Å². The van der Waals surface area contributed by atoms with E-state index in [1.807, 2.05) is 11.8 Å². The second-order valence-corrected chi connectivity index (χ2v) is 9.42. The average Bonchev–Trinajstić information content (AvgIpc) is 3.35. The van der Waals surface area contributed by atoms with Gasteiger partial charge in [0, 0.05) is 43.2 Å². The number of rotatable bonds is 5. The highest BCUT2D eigenvalue weighted by Crippen LogP contribution is 2.32. The lowest BCUT2D eigenvalue weighted by molar-refractivity contribution is -0.131. The molecule has 1 aliphatic heterocycles. The van der Waals surface area contributed by atoms with Crippen LogP contribution in [0.5, 0.6) is 0 Å². The van der Waals surface area contributed by atoms with Crippen LogP contribution in [0.4, 0.5) is 5.69 Å². The summed E-state index contributed by atoms with van der Waals surface area (Å²) in [6.45, 7) is 7.55. The zero-order chi connectivity index (χ0) is 19.5. The van der Waals surface area contributed by atoms with Crippen LogP contribution in [0.1, 0.15) is 21.9 Å². The van der Waals surface area contributed by atoms with E-state index in [4.69, 9.17) is 4.98 Å². The van der Waals surface area contributed by atoms with E-state index >= 15 is 0 Å². The molecule has 1 fully saturated rings. The smallest absolute Gasteiger partial charge is 0.223 e. The van der Waals surface area contributed by atoms with Crippen LogP contribution in [0, 0.1) is 13.8 Å². The number of hydrogen-bond acceptors (Lipinski definition) is 5. The van der Waals surface area contributed by atoms with E-state index in [1.165, 1.54) is 21.0 Å². The third kappa shape index (κ3) is 4.28. The van der Waals surface area contributed by atoms with Gasteiger partial charge in [0.15, 0.2) is 0 Å². The predicted molar refractivity (Wildman–Crippen MR) is 118 cm³/mol. The molecule has 0 N–H and O–H groups in total. The van der Waals surface area contributed by atoms with Crippen molar-refractivity contribution in [1.29, 1.82) is 0 Å². The van der Waals surface area contributed by atoms with Crippen LogP contribution in [0.3, 0.4) is 0 Å². The number of carbonyl (C=O) groups is 1. The number of thiazole rings is 1. The lowest BCUT2D eigenvalue weighted by atomic mass is 10.1. The molecule has 4 rings (SSSR count). The first kappa shape index (κ1) is 19.2. The Labute approximate surface area is 174 Å². The maximum Gasteiger partial charge on any atom is 0.223 e. The monoisotopic (exact) mass is 411 g/mol. The summed E-state index contributed by atoms with van der Waals surface area (Å²) < 4.78 is 0. The van der Waals surface area contributed by atoms with E-state index in [0.29, 0.717) is 6.42 Å². The molecule has 146 valence electrons. The Morgan fingerprint density at radius 3 is 2.64 bits per heavy atom. The van der Waals surface area contributed by atoms with Gasteiger partial charge in [0.25, 0.3) is 0 Å². The van der Waals surface area contributed by atoms with Crippen molar-refractivity contribution in [2.75, 3.05) is 31.1 Å². The molecule has 0 spiro atoms. The average molecular weight is 412 g/mol. The normalized spacial score (nSPS) is 14.5. The lowest BCUT2D eigenvalue weighted by Gasteiger charge is -2.36. The van der Waals surface area contributed by atoms with Crippen LogP contribution >= 0.6 is 22.7 Å². The van der Waals surface area contributed by atoms with Gasteiger partial charge in [0.2, 0.25) is 5.91 Å². The molecule has 1 amide bonds. The van der Waals surface area contributed by atoms with Crippen LogP contribution in [0.2, 0.25) is 0 Å². The third-order valence-electron chi connectivity index (χ3n) is 5.12. The Hall–Kier alpha value is -2.18. The van der Waals surface area contributed by atoms with Crippen molar-refractivity contribution in [3.8, 4) is 10.6 Å². The molecule has 0 bridgehead atoms. The fourth-order valence-electron chi connectivity index (χ4n) is 3.66. The molecule has 0 radical (unpaired) electrons. The van der Waals surface area contributed by atoms with Gasteiger partial charge in [-0.05, 0) is 49.4 Å². The van der Waals surface area contributed by atoms with Crippen LogP contribution in [-0.4, -0.2) is 42.0 Å². The lowest BCUT2D eigenvalue weighted by Crippen LogP contribution is -2.48. The molecule has 0 unspecified atom stereocenters. The van der Waals surface area contributed by atoms with Gasteiger partial charge >= 0.3 is 0 Å². The van der Waals surface area contributed by atoms with E-state index in [1.54, 1.807) is 22.7 Å². The Kier molecular flexibility index (Phi) is 5.78. The zero-order valence-corrected chi connectivity index (χ0v) is 18.0. The number of carbonyl (C=O) groups excluding carboxylic acids is 1. The highest BCUT2D eigenvalue weighted by Gasteiger charge is 2.22. The second kappa shape index (κ2) is 8.45. The number of nitrogens with zero attached hydrogens (tertiary/aromatic N) is 3. The van der Waals surface area contributed by atoms with Crippen molar-refractivity contribution < 1.29 is 4.79 Å². The van der Waals surface area contributed by atoms with Crippen LogP contribution in [-0.2, 0) is 11.2 Å². The van der Waals surface area contributed by atoms with Gasteiger partial charge in [-0.15, -0.1) is 22.7 Å². The van der Waals surface area contributed by atoms with Gasteiger partial charge in [-0.25, -0.2) is 4.98 Å². The minimum Gasteiger partial charge on any atom is -0.368 e. The molecule has 1 saturated heterocycles. The molecule has 1 aromatic carbocycles. The van der Waals surface area contributed by atoms with Gasteiger partial charge in [-0.1, -0.05) is 18.2 Å². The SMILES string of the molecule is Cc1cccc(N2CCN(C(=O)CCc3sc(C)nc3-c3cccs3)CC2)c1. The summed E-state index contributed by atoms with van der Waals surface area (Å²) >= 11 is 3.43. The van der Waals surface area contributed by atoms with Gasteiger partial charge in [0.05, 0.1) is 15.6 Å². The number of hydrogen-bond donors (Lipinski definition) is 0. The van der Waals surface area contributed by atoms with Gasteiger partial charge in [-0.3, -0.25) is 4.79 Å². The number of anilines is 1. The number of amides is 1. The molecule has 6 heteroatoms. The van der Waals surface area contributed by atoms with E-state index in [-0.39, 0.29) is 5.91 Å². The largest absolute Gasteiger partial charge is 0.368 e. The van der Waals surface area contributed by atoms with E-state index in [9.17, 15) is 4.79 Å². The van der Waals surface area contributed by atoms with Gasteiger partial charge in [0.1, 0.15) is 0 Å². The molecule has 4 nitrogen and oxygen atoms in total. The topological polar surface area (TPSA) is 36.4 Å². The summed E-state index contributed by atoms with van der Waals surface area (Å²) in [7, 11) is 0. The van der Waals surface area contributed by atoms with Crippen molar-refractivity contribution in [3.05, 3.63) is 57.2 Å². The highest BCUT2D eigenvalue weighted by molar-refractivity contribution is 7.15. The molecule has 0 atom stereocenters. The van der Waals surface area contributed by atoms with Crippen molar-refractivity contribution in [2.45, 2.75) is 26.7 Å². The molecule has 28 heavy (non-hydrogen) atoms. The van der Waals surface area contributed by atoms with Crippen molar-refractivity contribution >= 4 is 34.3 Å². The fourth-order valence-corrected chi connectivity index (χ4v) is 5.42. The minimum absolute atomic E-state index is 0.257. The zero-order valence-electron chi connectivity index (χ0n) is 16.4. The molecule has 0 saturated carbocycles. The first-order valence-electron chi connectivity index (χ1n) is 9.70. The number of benzene rings is 1. The summed E-state index contributed by atoms with van der Waals surface area (Å²) in [4.78, 5) is 24.3. The molecule has 3 heterocycles. The summed E-state index contributed by atoms with van der Waals surface area (Å²) in [6, 6.07) is 12.8. The summed E-state index contributed by atoms with van der Waals surface area (Å²) in [5.41, 5.74) is 3.60. The van der Waals surface area contributed by atoms with E-state index < -0.39 is 0 Å². The number of thiophene rings is 1. The third-order valence-corrected chi connectivity index (χ3v) is 7.03. The van der Waals surface area contributed by atoms with Crippen molar-refractivity contribution in [2.24, 2.45) is 0 Å². The Morgan fingerprint density at radius 1 is 1.11 bits per heavy atom. The van der Waals surface area contributed by atoms with Gasteiger partial charge in [-0.2, -0.15) is 0 Å². The molecule has 1 aliphatic rings. The molecule has 2 aromatic heterocycles. The second-order valence-electron chi connectivity index (χ2n) is 7.19. The molecule has 0 aliphatic carbocycles. The standard InChI is InChI=1S/C22H25N3OS2/c1-16-5-3-6-18(15-16)24-10-12-25(13-11-24)21(26)9-8-20-22(23-17(2)28-20)19-7-4-14-27-19/h3-7,14-15H,8-13H2,1-2H3. The fraction of sp³-hybridized carbons (Fsp3) is 0.364. The maximum atomic E-state index is 12.8. The number of piperazine rings is 1. The van der Waals surface area contributed by atoms with Crippen LogP contribution in [0.25, 0.3) is 10.6 Å². The Balaban J connectivity index is 1.33. The quantitative estimate of drug-likeness (QED) is 0.607. The van der Waals surface area contributed by atoms with Crippen molar-refractivity contribution in [1.82, 2.24) is 9.88 Å². The summed E-state index contributed by atoms with van der Waals surface area (Å²) in [5.74, 6) is 0.257. The number of aryl methyl sites for hydroxylation is 3.